The summed E-state index contributed by atoms with van der Waals surface area (Å²) < 4.78 is 0. The van der Waals surface area contributed by atoms with Gasteiger partial charge in [0.15, 0.2) is 0 Å². The number of rotatable bonds is 4. The van der Waals surface area contributed by atoms with Crippen LogP contribution in [-0.2, 0) is 0 Å². The van der Waals surface area contributed by atoms with Crippen LogP contribution in [0.5, 0.6) is 0 Å². The first kappa shape index (κ1) is 12.9. The van der Waals surface area contributed by atoms with Gasteiger partial charge in [0.05, 0.1) is 0 Å². The van der Waals surface area contributed by atoms with Crippen molar-refractivity contribution < 1.29 is 0 Å². The molecule has 0 atom stereocenters. The monoisotopic (exact) mass is 213 g/mol. The van der Waals surface area contributed by atoms with Crippen LogP contribution in [0.3, 0.4) is 0 Å². The van der Waals surface area contributed by atoms with Gasteiger partial charge in [0.1, 0.15) is 0 Å². The van der Waals surface area contributed by atoms with E-state index in [1.807, 2.05) is 0 Å². The SMILES string of the molecule is CC(C)NC1CCN(CC(C)(C)N)CC1. The van der Waals surface area contributed by atoms with Crippen LogP contribution >= 0.6 is 0 Å². The molecule has 1 rings (SSSR count). The molecule has 15 heavy (non-hydrogen) atoms. The first-order valence-electron chi connectivity index (χ1n) is 6.14. The minimum atomic E-state index is -0.0572. The second-order valence-corrected chi connectivity index (χ2v) is 5.86. The van der Waals surface area contributed by atoms with E-state index in [0.29, 0.717) is 12.1 Å². The third-order valence-electron chi connectivity index (χ3n) is 2.79. The molecule has 90 valence electrons. The topological polar surface area (TPSA) is 41.3 Å². The number of hydrogen-bond donors (Lipinski definition) is 2. The smallest absolute Gasteiger partial charge is 0.0226 e. The van der Waals surface area contributed by atoms with Crippen molar-refractivity contribution in [1.82, 2.24) is 10.2 Å². The molecule has 3 N–H and O–H groups in total. The van der Waals surface area contributed by atoms with E-state index < -0.39 is 0 Å². The third kappa shape index (κ3) is 5.50. The van der Waals surface area contributed by atoms with Gasteiger partial charge in [0.25, 0.3) is 0 Å². The molecule has 0 saturated carbocycles. The predicted molar refractivity (Wildman–Crippen MR) is 66.0 cm³/mol. The highest BCUT2D eigenvalue weighted by Gasteiger charge is 2.23. The fraction of sp³-hybridized carbons (Fsp3) is 1.00. The van der Waals surface area contributed by atoms with Gasteiger partial charge in [-0.25, -0.2) is 0 Å². The van der Waals surface area contributed by atoms with Crippen molar-refractivity contribution in [2.45, 2.75) is 58.2 Å². The molecule has 1 aliphatic rings. The average molecular weight is 213 g/mol. The highest BCUT2D eigenvalue weighted by molar-refractivity contribution is 4.83. The molecule has 3 nitrogen and oxygen atoms in total. The number of nitrogens with two attached hydrogens (primary N) is 1. The maximum atomic E-state index is 6.02. The fourth-order valence-corrected chi connectivity index (χ4v) is 2.31. The minimum Gasteiger partial charge on any atom is -0.324 e. The maximum Gasteiger partial charge on any atom is 0.0226 e. The lowest BCUT2D eigenvalue weighted by atomic mass is 10.0. The lowest BCUT2D eigenvalue weighted by Crippen LogP contribution is -2.51. The van der Waals surface area contributed by atoms with Crippen molar-refractivity contribution in [3.8, 4) is 0 Å². The first-order valence-corrected chi connectivity index (χ1v) is 6.14. The molecule has 0 aromatic heterocycles. The van der Waals surface area contributed by atoms with Crippen LogP contribution in [-0.4, -0.2) is 42.2 Å². The molecule has 0 aromatic carbocycles. The lowest BCUT2D eigenvalue weighted by Gasteiger charge is -2.36. The molecule has 1 saturated heterocycles. The molecule has 0 amide bonds. The molecule has 3 heteroatoms. The summed E-state index contributed by atoms with van der Waals surface area (Å²) >= 11 is 0. The van der Waals surface area contributed by atoms with Gasteiger partial charge in [-0.3, -0.25) is 0 Å². The van der Waals surface area contributed by atoms with Crippen molar-refractivity contribution in [2.24, 2.45) is 5.73 Å². The van der Waals surface area contributed by atoms with E-state index in [0.717, 1.165) is 6.54 Å². The van der Waals surface area contributed by atoms with E-state index in [9.17, 15) is 0 Å². The van der Waals surface area contributed by atoms with Crippen LogP contribution < -0.4 is 11.1 Å². The summed E-state index contributed by atoms with van der Waals surface area (Å²) in [6, 6.07) is 1.31. The van der Waals surface area contributed by atoms with Gasteiger partial charge in [-0.15, -0.1) is 0 Å². The molecular formula is C12H27N3. The lowest BCUT2D eigenvalue weighted by molar-refractivity contribution is 0.166. The highest BCUT2D eigenvalue weighted by Crippen LogP contribution is 2.13. The van der Waals surface area contributed by atoms with Gasteiger partial charge < -0.3 is 16.0 Å². The number of likely N-dealkylation sites (tertiary alicyclic amines) is 1. The first-order chi connectivity index (χ1) is 6.87. The van der Waals surface area contributed by atoms with E-state index in [1.165, 1.54) is 25.9 Å². The largest absolute Gasteiger partial charge is 0.324 e. The fourth-order valence-electron chi connectivity index (χ4n) is 2.31. The normalized spacial score (nSPS) is 21.2. The van der Waals surface area contributed by atoms with Crippen LogP contribution in [0.2, 0.25) is 0 Å². The summed E-state index contributed by atoms with van der Waals surface area (Å²) in [5.74, 6) is 0. The summed E-state index contributed by atoms with van der Waals surface area (Å²) in [4.78, 5) is 2.48. The number of hydrogen-bond acceptors (Lipinski definition) is 3. The average Bonchev–Trinajstić information content (AvgIpc) is 2.05. The van der Waals surface area contributed by atoms with Crippen molar-refractivity contribution in [3.05, 3.63) is 0 Å². The zero-order valence-corrected chi connectivity index (χ0v) is 10.7. The van der Waals surface area contributed by atoms with E-state index in [-0.39, 0.29) is 5.54 Å². The Balaban J connectivity index is 2.24. The van der Waals surface area contributed by atoms with E-state index >= 15 is 0 Å². The molecule has 0 aliphatic carbocycles. The van der Waals surface area contributed by atoms with Crippen molar-refractivity contribution in [2.75, 3.05) is 19.6 Å². The molecule has 1 heterocycles. The van der Waals surface area contributed by atoms with E-state index in [2.05, 4.69) is 37.9 Å². The minimum absolute atomic E-state index is 0.0572. The van der Waals surface area contributed by atoms with Gasteiger partial charge in [-0.1, -0.05) is 13.8 Å². The third-order valence-corrected chi connectivity index (χ3v) is 2.79. The molecule has 0 unspecified atom stereocenters. The maximum absolute atomic E-state index is 6.02. The second kappa shape index (κ2) is 5.28. The second-order valence-electron chi connectivity index (χ2n) is 5.86. The number of piperidine rings is 1. The van der Waals surface area contributed by atoms with Crippen molar-refractivity contribution in [1.29, 1.82) is 0 Å². The Morgan fingerprint density at radius 3 is 2.27 bits per heavy atom. The molecule has 0 bridgehead atoms. The van der Waals surface area contributed by atoms with Gasteiger partial charge in [-0.05, 0) is 39.8 Å². The van der Waals surface area contributed by atoms with Crippen molar-refractivity contribution in [3.63, 3.8) is 0 Å². The Morgan fingerprint density at radius 2 is 1.87 bits per heavy atom. The van der Waals surface area contributed by atoms with Crippen LogP contribution in [0.1, 0.15) is 40.5 Å². The van der Waals surface area contributed by atoms with E-state index in [4.69, 9.17) is 5.73 Å². The van der Waals surface area contributed by atoms with Gasteiger partial charge in [-0.2, -0.15) is 0 Å². The van der Waals surface area contributed by atoms with Crippen LogP contribution in [0.25, 0.3) is 0 Å². The highest BCUT2D eigenvalue weighted by atomic mass is 15.2. The Hall–Kier alpha value is -0.120. The molecule has 0 radical (unpaired) electrons. The Morgan fingerprint density at radius 1 is 1.33 bits per heavy atom. The molecule has 1 fully saturated rings. The van der Waals surface area contributed by atoms with E-state index in [1.54, 1.807) is 0 Å². The summed E-state index contributed by atoms with van der Waals surface area (Å²) in [5, 5.41) is 3.61. The quantitative estimate of drug-likeness (QED) is 0.737. The van der Waals surface area contributed by atoms with Gasteiger partial charge >= 0.3 is 0 Å². The van der Waals surface area contributed by atoms with Crippen LogP contribution in [0.15, 0.2) is 0 Å². The zero-order chi connectivity index (χ0) is 11.5. The predicted octanol–water partition coefficient (Wildman–Crippen LogP) is 1.19. The van der Waals surface area contributed by atoms with Gasteiger partial charge in [0.2, 0.25) is 0 Å². The van der Waals surface area contributed by atoms with Crippen LogP contribution in [0, 0.1) is 0 Å². The van der Waals surface area contributed by atoms with Crippen LogP contribution in [0.4, 0.5) is 0 Å². The van der Waals surface area contributed by atoms with Crippen molar-refractivity contribution >= 4 is 0 Å². The Bertz CT molecular complexity index is 176. The molecular weight excluding hydrogens is 186 g/mol. The van der Waals surface area contributed by atoms with Gasteiger partial charge in [0, 0.05) is 24.2 Å². The summed E-state index contributed by atoms with van der Waals surface area (Å²) in [7, 11) is 0. The zero-order valence-electron chi connectivity index (χ0n) is 10.7. The molecule has 0 aromatic rings. The number of nitrogens with one attached hydrogen (secondary N) is 1. The Kier molecular flexibility index (Phi) is 4.56. The Labute approximate surface area is 94.4 Å². The summed E-state index contributed by atoms with van der Waals surface area (Å²) in [6.45, 7) is 12.0. The molecule has 0 spiro atoms. The summed E-state index contributed by atoms with van der Waals surface area (Å²) in [6.07, 6.45) is 2.52. The number of nitrogens with zero attached hydrogens (tertiary/aromatic N) is 1. The summed E-state index contributed by atoms with van der Waals surface area (Å²) in [5.41, 5.74) is 5.97. The standard InChI is InChI=1S/C12H27N3/c1-10(2)14-11-5-7-15(8-6-11)9-12(3,4)13/h10-11,14H,5-9,13H2,1-4H3. The molecule has 1 aliphatic heterocycles.